The van der Waals surface area contributed by atoms with Crippen molar-refractivity contribution in [2.24, 2.45) is 0 Å². The van der Waals surface area contributed by atoms with Crippen LogP contribution < -0.4 is 4.74 Å². The molecule has 5 heteroatoms. The molecule has 0 unspecified atom stereocenters. The van der Waals surface area contributed by atoms with Crippen molar-refractivity contribution in [1.29, 1.82) is 0 Å². The molecule has 0 aromatic heterocycles. The lowest BCUT2D eigenvalue weighted by atomic mass is 10.1. The highest BCUT2D eigenvalue weighted by Gasteiger charge is 2.13. The summed E-state index contributed by atoms with van der Waals surface area (Å²) in [5, 5.41) is 9.13. The summed E-state index contributed by atoms with van der Waals surface area (Å²) in [6.45, 7) is 3.59. The van der Waals surface area contributed by atoms with E-state index in [-0.39, 0.29) is 0 Å². The van der Waals surface area contributed by atoms with E-state index in [0.717, 1.165) is 22.8 Å². The molecule has 0 bridgehead atoms. The Morgan fingerprint density at radius 1 is 1.13 bits per heavy atom. The van der Waals surface area contributed by atoms with Gasteiger partial charge in [-0.05, 0) is 66.9 Å². The molecule has 0 fully saturated rings. The largest absolute Gasteiger partial charge is 0.478 e. The van der Waals surface area contributed by atoms with E-state index in [4.69, 9.17) is 21.4 Å². The molecule has 1 N–H and O–H groups in total. The first-order chi connectivity index (χ1) is 10.9. The van der Waals surface area contributed by atoms with Crippen LogP contribution in [-0.4, -0.2) is 17.0 Å². The molecule has 0 spiro atoms. The molecule has 118 valence electrons. The van der Waals surface area contributed by atoms with E-state index in [2.05, 4.69) is 0 Å². The summed E-state index contributed by atoms with van der Waals surface area (Å²) in [5.74, 6) is -1.05. The van der Waals surface area contributed by atoms with Crippen LogP contribution >= 0.6 is 11.6 Å². The van der Waals surface area contributed by atoms with Crippen LogP contribution in [0.4, 0.5) is 0 Å². The number of esters is 1. The number of carbonyl (C=O) groups excluding carboxylic acids is 1. The minimum absolute atomic E-state index is 0.367. The van der Waals surface area contributed by atoms with E-state index in [1.165, 1.54) is 6.08 Å². The van der Waals surface area contributed by atoms with Crippen LogP contribution in [-0.2, 0) is 4.79 Å². The van der Waals surface area contributed by atoms with Crippen molar-refractivity contribution in [3.8, 4) is 5.75 Å². The highest BCUT2D eigenvalue weighted by atomic mass is 35.5. The fourth-order valence-corrected chi connectivity index (χ4v) is 2.37. The summed E-state index contributed by atoms with van der Waals surface area (Å²) in [4.78, 5) is 22.8. The van der Waals surface area contributed by atoms with Crippen molar-refractivity contribution in [1.82, 2.24) is 0 Å². The molecule has 0 aliphatic carbocycles. The van der Waals surface area contributed by atoms with Gasteiger partial charge in [0.25, 0.3) is 0 Å². The lowest BCUT2D eigenvalue weighted by Gasteiger charge is -2.12. The molecule has 23 heavy (non-hydrogen) atoms. The van der Waals surface area contributed by atoms with Gasteiger partial charge in [0.1, 0.15) is 5.75 Å². The maximum absolute atomic E-state index is 12.2. The Morgan fingerprint density at radius 2 is 1.78 bits per heavy atom. The molecule has 2 aromatic carbocycles. The fraction of sp³-hybridized carbons (Fsp3) is 0.111. The number of carboxylic acids is 1. The Labute approximate surface area is 139 Å². The van der Waals surface area contributed by atoms with Gasteiger partial charge in [0.15, 0.2) is 0 Å². The smallest absolute Gasteiger partial charge is 0.343 e. The average molecular weight is 331 g/mol. The molecule has 0 aliphatic rings. The average Bonchev–Trinajstić information content (AvgIpc) is 2.48. The quantitative estimate of drug-likeness (QED) is 0.516. The van der Waals surface area contributed by atoms with Gasteiger partial charge in [-0.1, -0.05) is 17.7 Å². The van der Waals surface area contributed by atoms with E-state index < -0.39 is 11.9 Å². The number of hydrogen-bond donors (Lipinski definition) is 1. The van der Waals surface area contributed by atoms with Crippen LogP contribution in [0.25, 0.3) is 6.08 Å². The standard InChI is InChI=1S/C18H15ClO4/c1-11-8-13(6-7-16(20)21)9-12(2)17(11)23-18(22)14-4-3-5-15(19)10-14/h3-10H,1-2H3,(H,20,21)/b7-6+. The number of carbonyl (C=O) groups is 2. The second-order valence-corrected chi connectivity index (χ2v) is 5.49. The summed E-state index contributed by atoms with van der Waals surface area (Å²) in [6.07, 6.45) is 2.55. The Morgan fingerprint density at radius 3 is 2.35 bits per heavy atom. The maximum Gasteiger partial charge on any atom is 0.343 e. The maximum atomic E-state index is 12.2. The van der Waals surface area contributed by atoms with E-state index in [1.807, 2.05) is 0 Å². The van der Waals surface area contributed by atoms with Crippen molar-refractivity contribution in [3.63, 3.8) is 0 Å². The molecule has 0 saturated carbocycles. The van der Waals surface area contributed by atoms with Crippen LogP contribution in [0.1, 0.15) is 27.0 Å². The molecular formula is C18H15ClO4. The normalized spacial score (nSPS) is 10.7. The third-order valence-corrected chi connectivity index (χ3v) is 3.39. The zero-order valence-electron chi connectivity index (χ0n) is 12.7. The SMILES string of the molecule is Cc1cc(/C=C/C(=O)O)cc(C)c1OC(=O)c1cccc(Cl)c1. The molecular weight excluding hydrogens is 316 g/mol. The minimum Gasteiger partial charge on any atom is -0.478 e. The number of rotatable bonds is 4. The molecule has 0 radical (unpaired) electrons. The number of halogens is 1. The molecule has 0 atom stereocenters. The van der Waals surface area contributed by atoms with Gasteiger partial charge in [0.05, 0.1) is 5.56 Å². The number of aliphatic carboxylic acids is 1. The van der Waals surface area contributed by atoms with E-state index in [1.54, 1.807) is 50.2 Å². The lowest BCUT2D eigenvalue weighted by molar-refractivity contribution is -0.131. The second kappa shape index (κ2) is 7.11. The fourth-order valence-electron chi connectivity index (χ4n) is 2.18. The third-order valence-electron chi connectivity index (χ3n) is 3.16. The van der Waals surface area contributed by atoms with E-state index in [0.29, 0.717) is 16.3 Å². The summed E-state index contributed by atoms with van der Waals surface area (Å²) in [6, 6.07) is 10.0. The number of benzene rings is 2. The summed E-state index contributed by atoms with van der Waals surface area (Å²) >= 11 is 5.87. The molecule has 4 nitrogen and oxygen atoms in total. The Bertz CT molecular complexity index is 770. The highest BCUT2D eigenvalue weighted by Crippen LogP contribution is 2.26. The van der Waals surface area contributed by atoms with Gasteiger partial charge in [0, 0.05) is 11.1 Å². The Kier molecular flexibility index (Phi) is 5.19. The predicted octanol–water partition coefficient (Wildman–Crippen LogP) is 4.27. The topological polar surface area (TPSA) is 63.6 Å². The van der Waals surface area contributed by atoms with Crippen LogP contribution in [0.15, 0.2) is 42.5 Å². The minimum atomic E-state index is -1.02. The zero-order chi connectivity index (χ0) is 17.0. The van der Waals surface area contributed by atoms with Crippen molar-refractivity contribution in [2.45, 2.75) is 13.8 Å². The van der Waals surface area contributed by atoms with Gasteiger partial charge in [-0.25, -0.2) is 9.59 Å². The Hall–Kier alpha value is -2.59. The van der Waals surface area contributed by atoms with Crippen LogP contribution in [0.3, 0.4) is 0 Å². The number of hydrogen-bond acceptors (Lipinski definition) is 3. The summed E-state index contributed by atoms with van der Waals surface area (Å²) in [5.41, 5.74) is 2.58. The highest BCUT2D eigenvalue weighted by molar-refractivity contribution is 6.30. The lowest BCUT2D eigenvalue weighted by Crippen LogP contribution is -2.10. The van der Waals surface area contributed by atoms with Gasteiger partial charge >= 0.3 is 11.9 Å². The first kappa shape index (κ1) is 16.8. The summed E-state index contributed by atoms with van der Waals surface area (Å²) in [7, 11) is 0. The third kappa shape index (κ3) is 4.44. The van der Waals surface area contributed by atoms with Crippen LogP contribution in [0.5, 0.6) is 5.75 Å². The molecule has 2 aromatic rings. The van der Waals surface area contributed by atoms with Gasteiger partial charge in [-0.3, -0.25) is 0 Å². The molecule has 0 amide bonds. The van der Waals surface area contributed by atoms with Crippen molar-refractivity contribution < 1.29 is 19.4 Å². The van der Waals surface area contributed by atoms with Crippen molar-refractivity contribution >= 4 is 29.6 Å². The van der Waals surface area contributed by atoms with E-state index in [9.17, 15) is 9.59 Å². The first-order valence-electron chi connectivity index (χ1n) is 6.87. The number of aryl methyl sites for hydroxylation is 2. The first-order valence-corrected chi connectivity index (χ1v) is 7.24. The van der Waals surface area contributed by atoms with Crippen molar-refractivity contribution in [2.75, 3.05) is 0 Å². The van der Waals surface area contributed by atoms with Crippen molar-refractivity contribution in [3.05, 3.63) is 69.8 Å². The number of ether oxygens (including phenoxy) is 1. The second-order valence-electron chi connectivity index (χ2n) is 5.06. The molecule has 0 saturated heterocycles. The summed E-state index contributed by atoms with van der Waals surface area (Å²) < 4.78 is 5.46. The van der Waals surface area contributed by atoms with Crippen LogP contribution in [0.2, 0.25) is 5.02 Å². The van der Waals surface area contributed by atoms with E-state index >= 15 is 0 Å². The predicted molar refractivity (Wildman–Crippen MR) is 89.0 cm³/mol. The Balaban J connectivity index is 2.27. The molecule has 0 heterocycles. The van der Waals surface area contributed by atoms with Gasteiger partial charge in [0.2, 0.25) is 0 Å². The molecule has 2 rings (SSSR count). The van der Waals surface area contributed by atoms with Crippen LogP contribution in [0, 0.1) is 13.8 Å². The van der Waals surface area contributed by atoms with Gasteiger partial charge in [-0.2, -0.15) is 0 Å². The zero-order valence-corrected chi connectivity index (χ0v) is 13.4. The monoisotopic (exact) mass is 330 g/mol. The molecule has 0 aliphatic heterocycles. The number of carboxylic acid groups (broad SMARTS) is 1. The van der Waals surface area contributed by atoms with Gasteiger partial charge in [-0.15, -0.1) is 0 Å². The van der Waals surface area contributed by atoms with Gasteiger partial charge < -0.3 is 9.84 Å².